The third-order valence-corrected chi connectivity index (χ3v) is 3.92. The van der Waals surface area contributed by atoms with Crippen molar-refractivity contribution in [1.82, 2.24) is 20.4 Å². The molecule has 0 atom stereocenters. The van der Waals surface area contributed by atoms with Crippen molar-refractivity contribution in [2.45, 2.75) is 33.3 Å². The molecule has 0 aromatic carbocycles. The molecule has 1 heterocycles. The zero-order chi connectivity index (χ0) is 20.3. The minimum atomic E-state index is -0.461. The molecule has 0 aliphatic carbocycles. The molecule has 0 aromatic heterocycles. The summed E-state index contributed by atoms with van der Waals surface area (Å²) in [5.41, 5.74) is -0.0531. The third-order valence-electron chi connectivity index (χ3n) is 3.92. The van der Waals surface area contributed by atoms with E-state index in [9.17, 15) is 9.59 Å². The number of carbonyl (C=O) groups is 2. The molecule has 8 heteroatoms. The quantitative estimate of drug-likeness (QED) is 0.514. The first-order valence-corrected chi connectivity index (χ1v) is 9.58. The highest BCUT2D eigenvalue weighted by Gasteiger charge is 2.19. The second-order valence-corrected chi connectivity index (χ2v) is 7.82. The van der Waals surface area contributed by atoms with E-state index in [1.807, 2.05) is 20.8 Å². The summed E-state index contributed by atoms with van der Waals surface area (Å²) in [7, 11) is 0. The molecule has 1 rings (SSSR count). The van der Waals surface area contributed by atoms with E-state index in [0.29, 0.717) is 12.1 Å². The highest BCUT2D eigenvalue weighted by atomic mass is 16.6. The Morgan fingerprint density at radius 2 is 1.44 bits per heavy atom. The van der Waals surface area contributed by atoms with Crippen LogP contribution in [0, 0.1) is 0 Å². The molecular weight excluding hydrogens is 348 g/mol. The maximum atomic E-state index is 12.1. The van der Waals surface area contributed by atoms with E-state index in [2.05, 4.69) is 27.0 Å². The lowest BCUT2D eigenvalue weighted by molar-refractivity contribution is -0.156. The summed E-state index contributed by atoms with van der Waals surface area (Å²) in [5, 5.41) is 6.76. The molecule has 0 amide bonds. The van der Waals surface area contributed by atoms with Gasteiger partial charge in [0.1, 0.15) is 12.3 Å². The average molecular weight is 385 g/mol. The van der Waals surface area contributed by atoms with Crippen LogP contribution in [0.3, 0.4) is 0 Å². The van der Waals surface area contributed by atoms with E-state index >= 15 is 0 Å². The minimum absolute atomic E-state index is 0.194. The van der Waals surface area contributed by atoms with Crippen LogP contribution in [0.5, 0.6) is 0 Å². The predicted molar refractivity (Wildman–Crippen MR) is 105 cm³/mol. The second kappa shape index (κ2) is 12.1. The van der Waals surface area contributed by atoms with Gasteiger partial charge in [-0.1, -0.05) is 6.58 Å². The van der Waals surface area contributed by atoms with Crippen molar-refractivity contribution >= 4 is 11.9 Å². The van der Waals surface area contributed by atoms with Crippen LogP contribution in [0.4, 0.5) is 0 Å². The van der Waals surface area contributed by atoms with Gasteiger partial charge in [-0.05, 0) is 27.7 Å². The molecule has 27 heavy (non-hydrogen) atoms. The van der Waals surface area contributed by atoms with Crippen LogP contribution in [0.15, 0.2) is 12.2 Å². The Hall–Kier alpha value is -1.48. The fraction of sp³-hybridized carbons (Fsp3) is 0.789. The van der Waals surface area contributed by atoms with E-state index in [1.54, 1.807) is 6.92 Å². The van der Waals surface area contributed by atoms with Gasteiger partial charge in [-0.15, -0.1) is 0 Å². The van der Waals surface area contributed by atoms with Gasteiger partial charge in [-0.2, -0.15) is 0 Å². The summed E-state index contributed by atoms with van der Waals surface area (Å²) in [6, 6.07) is 0. The highest BCUT2D eigenvalue weighted by Crippen LogP contribution is 2.07. The first-order chi connectivity index (χ1) is 12.7. The summed E-state index contributed by atoms with van der Waals surface area (Å²) in [6.07, 6.45) is 0. The van der Waals surface area contributed by atoms with Crippen molar-refractivity contribution in [3.63, 3.8) is 0 Å². The van der Waals surface area contributed by atoms with Crippen molar-refractivity contribution < 1.29 is 19.1 Å². The number of hydrogen-bond donors (Lipinski definition) is 2. The van der Waals surface area contributed by atoms with Crippen LogP contribution in [0.25, 0.3) is 0 Å². The lowest BCUT2D eigenvalue weighted by Gasteiger charge is -2.27. The van der Waals surface area contributed by atoms with E-state index in [1.165, 1.54) is 0 Å². The van der Waals surface area contributed by atoms with Gasteiger partial charge in [0.2, 0.25) is 0 Å². The van der Waals surface area contributed by atoms with Crippen LogP contribution < -0.4 is 10.6 Å². The standard InChI is InChI=1S/C19H36N4O4/c1-16(2)18(25)26-15-23-12-8-20-6-10-22(11-7-21-9-13-23)14-17(24)27-19(3,4)5/h20-21H,1,6-15H2,2-5H3. The zero-order valence-corrected chi connectivity index (χ0v) is 17.3. The van der Waals surface area contributed by atoms with Crippen molar-refractivity contribution in [3.05, 3.63) is 12.2 Å². The Bertz CT molecular complexity index is 477. The van der Waals surface area contributed by atoms with E-state index in [-0.39, 0.29) is 18.7 Å². The van der Waals surface area contributed by atoms with Crippen LogP contribution in [-0.2, 0) is 19.1 Å². The average Bonchev–Trinajstić information content (AvgIpc) is 2.54. The fourth-order valence-electron chi connectivity index (χ4n) is 2.54. The SMILES string of the molecule is C=C(C)C(=O)OCN1CCNCCN(CC(=O)OC(C)(C)C)CCNCC1. The lowest BCUT2D eigenvalue weighted by atomic mass is 10.2. The Balaban J connectivity index is 2.41. The number of hydrogen-bond acceptors (Lipinski definition) is 8. The van der Waals surface area contributed by atoms with E-state index < -0.39 is 5.60 Å². The van der Waals surface area contributed by atoms with Gasteiger partial charge in [-0.25, -0.2) is 4.79 Å². The third kappa shape index (κ3) is 11.8. The van der Waals surface area contributed by atoms with Gasteiger partial charge in [0.05, 0.1) is 6.54 Å². The van der Waals surface area contributed by atoms with Gasteiger partial charge < -0.3 is 20.1 Å². The smallest absolute Gasteiger partial charge is 0.334 e. The molecule has 1 aliphatic rings. The molecule has 0 bridgehead atoms. The molecule has 0 aromatic rings. The molecule has 0 spiro atoms. The molecule has 0 saturated carbocycles. The topological polar surface area (TPSA) is 83.1 Å². The summed E-state index contributed by atoms with van der Waals surface area (Å²) < 4.78 is 10.7. The molecule has 8 nitrogen and oxygen atoms in total. The normalized spacial score (nSPS) is 18.8. The predicted octanol–water partition coefficient (Wildman–Crippen LogP) is 0.202. The van der Waals surface area contributed by atoms with Gasteiger partial charge in [0, 0.05) is 57.9 Å². The molecular formula is C19H36N4O4. The van der Waals surface area contributed by atoms with Crippen molar-refractivity contribution in [1.29, 1.82) is 0 Å². The number of ether oxygens (including phenoxy) is 2. The molecule has 2 N–H and O–H groups in total. The van der Waals surface area contributed by atoms with Crippen molar-refractivity contribution in [3.8, 4) is 0 Å². The summed E-state index contributed by atoms with van der Waals surface area (Å²) in [5.74, 6) is -0.556. The number of carbonyl (C=O) groups excluding carboxylic acids is 2. The molecule has 1 saturated heterocycles. The maximum Gasteiger partial charge on any atom is 0.334 e. The largest absolute Gasteiger partial charge is 0.459 e. The first-order valence-electron chi connectivity index (χ1n) is 9.58. The summed E-state index contributed by atoms with van der Waals surface area (Å²) in [4.78, 5) is 27.8. The lowest BCUT2D eigenvalue weighted by Crippen LogP contribution is -2.45. The number of nitrogens with one attached hydrogen (secondary N) is 2. The van der Waals surface area contributed by atoms with Crippen LogP contribution >= 0.6 is 0 Å². The van der Waals surface area contributed by atoms with Gasteiger partial charge in [0.15, 0.2) is 0 Å². The Labute approximate surface area is 163 Å². The highest BCUT2D eigenvalue weighted by molar-refractivity contribution is 5.86. The van der Waals surface area contributed by atoms with Crippen molar-refractivity contribution in [2.75, 3.05) is 65.6 Å². The molecule has 1 fully saturated rings. The Morgan fingerprint density at radius 3 is 1.89 bits per heavy atom. The van der Waals surface area contributed by atoms with Gasteiger partial charge >= 0.3 is 11.9 Å². The minimum Gasteiger partial charge on any atom is -0.459 e. The second-order valence-electron chi connectivity index (χ2n) is 7.82. The first kappa shape index (κ1) is 23.6. The van der Waals surface area contributed by atoms with Crippen LogP contribution in [-0.4, -0.2) is 93.0 Å². The number of esters is 2. The van der Waals surface area contributed by atoms with E-state index in [0.717, 1.165) is 52.4 Å². The van der Waals surface area contributed by atoms with Crippen LogP contribution in [0.1, 0.15) is 27.7 Å². The fourth-order valence-corrected chi connectivity index (χ4v) is 2.54. The Kier molecular flexibility index (Phi) is 10.5. The molecule has 1 aliphatic heterocycles. The molecule has 156 valence electrons. The Morgan fingerprint density at radius 1 is 0.963 bits per heavy atom. The monoisotopic (exact) mass is 384 g/mol. The van der Waals surface area contributed by atoms with Gasteiger partial charge in [-0.3, -0.25) is 14.6 Å². The van der Waals surface area contributed by atoms with Crippen molar-refractivity contribution in [2.24, 2.45) is 0 Å². The van der Waals surface area contributed by atoms with Gasteiger partial charge in [0.25, 0.3) is 0 Å². The number of nitrogens with zero attached hydrogens (tertiary/aromatic N) is 2. The summed E-state index contributed by atoms with van der Waals surface area (Å²) in [6.45, 7) is 17.6. The maximum absolute atomic E-state index is 12.1. The molecule has 0 radical (unpaired) electrons. The van der Waals surface area contributed by atoms with E-state index in [4.69, 9.17) is 9.47 Å². The number of rotatable bonds is 5. The zero-order valence-electron chi connectivity index (χ0n) is 17.3. The molecule has 0 unspecified atom stereocenters. The van der Waals surface area contributed by atoms with Crippen LogP contribution in [0.2, 0.25) is 0 Å². The summed E-state index contributed by atoms with van der Waals surface area (Å²) >= 11 is 0.